The fraction of sp³-hybridized carbons (Fsp3) is 0.533. The highest BCUT2D eigenvalue weighted by Crippen LogP contribution is 2.37. The van der Waals surface area contributed by atoms with Crippen molar-refractivity contribution in [3.63, 3.8) is 0 Å². The zero-order valence-electron chi connectivity index (χ0n) is 12.8. The minimum atomic E-state index is -4.92. The molecule has 1 aromatic rings. The van der Waals surface area contributed by atoms with E-state index >= 15 is 0 Å². The third kappa shape index (κ3) is 3.76. The van der Waals surface area contributed by atoms with Crippen LogP contribution in [-0.2, 0) is 23.6 Å². The number of cyclic esters (lactones) is 1. The molecule has 0 N–H and O–H groups in total. The minimum Gasteiger partial charge on any atom is -0.444 e. The average Bonchev–Trinajstić information content (AvgIpc) is 2.72. The summed E-state index contributed by atoms with van der Waals surface area (Å²) in [6, 6.07) is 0.860. The summed E-state index contributed by atoms with van der Waals surface area (Å²) in [4.78, 5) is 12.9. The summed E-state index contributed by atoms with van der Waals surface area (Å²) in [6.07, 6.45) is -10.5. The molecule has 3 nitrogen and oxygen atoms in total. The van der Waals surface area contributed by atoms with E-state index in [1.165, 1.54) is 0 Å². The number of amides is 1. The number of hydrogen-bond donors (Lipinski definition) is 0. The van der Waals surface area contributed by atoms with Crippen LogP contribution in [0.15, 0.2) is 18.2 Å². The molecule has 0 radical (unpaired) electrons. The summed E-state index contributed by atoms with van der Waals surface area (Å²) in [7, 11) is 0. The second-order valence-corrected chi connectivity index (χ2v) is 5.61. The van der Waals surface area contributed by atoms with Gasteiger partial charge in [0.05, 0.1) is 17.2 Å². The number of hydrogen-bond acceptors (Lipinski definition) is 2. The molecule has 24 heavy (non-hydrogen) atoms. The van der Waals surface area contributed by atoms with Gasteiger partial charge >= 0.3 is 18.4 Å². The van der Waals surface area contributed by atoms with E-state index in [4.69, 9.17) is 4.74 Å². The molecule has 1 amide bonds. The Morgan fingerprint density at radius 2 is 1.54 bits per heavy atom. The van der Waals surface area contributed by atoms with Gasteiger partial charge in [-0.3, -0.25) is 4.90 Å². The van der Waals surface area contributed by atoms with E-state index in [0.717, 1.165) is 4.90 Å². The Hall–Kier alpha value is -1.93. The molecule has 1 fully saturated rings. The van der Waals surface area contributed by atoms with Gasteiger partial charge in [-0.25, -0.2) is 4.79 Å². The highest BCUT2D eigenvalue weighted by atomic mass is 19.4. The Balaban J connectivity index is 2.38. The van der Waals surface area contributed by atoms with Crippen molar-refractivity contribution in [3.05, 3.63) is 34.9 Å². The molecule has 1 aromatic carbocycles. The molecule has 9 heteroatoms. The van der Waals surface area contributed by atoms with Crippen LogP contribution in [0.4, 0.5) is 31.1 Å². The van der Waals surface area contributed by atoms with Crippen molar-refractivity contribution >= 4 is 6.09 Å². The van der Waals surface area contributed by atoms with Crippen LogP contribution < -0.4 is 0 Å². The Kier molecular flexibility index (Phi) is 4.74. The minimum absolute atomic E-state index is 0.0596. The summed E-state index contributed by atoms with van der Waals surface area (Å²) < 4.78 is 82.1. The molecule has 134 valence electrons. The van der Waals surface area contributed by atoms with Crippen LogP contribution in [0.3, 0.4) is 0 Å². The lowest BCUT2D eigenvalue weighted by atomic mass is 10.0. The fourth-order valence-corrected chi connectivity index (χ4v) is 2.60. The van der Waals surface area contributed by atoms with Crippen molar-refractivity contribution in [2.75, 3.05) is 0 Å². The number of alkyl halides is 6. The van der Waals surface area contributed by atoms with Crippen molar-refractivity contribution in [1.29, 1.82) is 0 Å². The lowest BCUT2D eigenvalue weighted by Crippen LogP contribution is -2.33. The number of carbonyl (C=O) groups is 1. The Labute approximate surface area is 134 Å². The first-order valence-corrected chi connectivity index (χ1v) is 7.19. The normalized spacial score (nSPS) is 22.0. The van der Waals surface area contributed by atoms with Gasteiger partial charge in [0.1, 0.15) is 6.10 Å². The second-order valence-electron chi connectivity index (χ2n) is 5.61. The molecule has 2 atom stereocenters. The Bertz CT molecular complexity index is 593. The average molecular weight is 355 g/mol. The molecule has 0 bridgehead atoms. The quantitative estimate of drug-likeness (QED) is 0.726. The van der Waals surface area contributed by atoms with Crippen LogP contribution in [0, 0.1) is 0 Å². The summed E-state index contributed by atoms with van der Waals surface area (Å²) in [5.74, 6) is 0. The zero-order chi connectivity index (χ0) is 18.3. The highest BCUT2D eigenvalue weighted by Gasteiger charge is 2.40. The maximum atomic E-state index is 12.8. The number of nitrogens with zero attached hydrogens (tertiary/aromatic N) is 1. The van der Waals surface area contributed by atoms with Crippen molar-refractivity contribution in [2.45, 2.75) is 51.3 Å². The monoisotopic (exact) mass is 355 g/mol. The number of benzene rings is 1. The van der Waals surface area contributed by atoms with Crippen molar-refractivity contribution in [1.82, 2.24) is 4.90 Å². The maximum absolute atomic E-state index is 12.8. The molecular formula is C15H15F6NO2. The van der Waals surface area contributed by atoms with Crippen LogP contribution in [-0.4, -0.2) is 23.1 Å². The van der Waals surface area contributed by atoms with Crippen LogP contribution in [0.25, 0.3) is 0 Å². The summed E-state index contributed by atoms with van der Waals surface area (Å²) in [5, 5.41) is 0. The topological polar surface area (TPSA) is 29.5 Å². The number of ether oxygens (including phenoxy) is 1. The molecule has 0 spiro atoms. The molecule has 1 aliphatic heterocycles. The fourth-order valence-electron chi connectivity index (χ4n) is 2.60. The molecule has 0 saturated carbocycles. The van der Waals surface area contributed by atoms with E-state index in [2.05, 4.69) is 0 Å². The van der Waals surface area contributed by atoms with E-state index < -0.39 is 41.7 Å². The molecule has 1 heterocycles. The first kappa shape index (κ1) is 18.4. The standard InChI is InChI=1S/C15H15F6NO2/c1-3-12-8(2)22(13(23)24-12)7-9-4-10(14(16,17)18)6-11(5-9)15(19,20)21/h4-6,8,12H,3,7H2,1-2H3/t8-,12-/m1/s1. The molecular weight excluding hydrogens is 340 g/mol. The number of halogens is 6. The predicted octanol–water partition coefficient (Wildman–Crippen LogP) is 4.84. The van der Waals surface area contributed by atoms with Gasteiger partial charge in [0.15, 0.2) is 0 Å². The molecule has 0 aliphatic carbocycles. The predicted molar refractivity (Wildman–Crippen MR) is 72.0 cm³/mol. The van der Waals surface area contributed by atoms with E-state index in [0.29, 0.717) is 18.6 Å². The SMILES string of the molecule is CC[C@H]1OC(=O)N(Cc2cc(C(F)(F)F)cc(C(F)(F)F)c2)[C@@H]1C. The molecule has 1 aliphatic rings. The van der Waals surface area contributed by atoms with E-state index in [-0.39, 0.29) is 18.2 Å². The number of carbonyl (C=O) groups excluding carboxylic acids is 1. The van der Waals surface area contributed by atoms with Gasteiger partial charge in [0.2, 0.25) is 0 Å². The van der Waals surface area contributed by atoms with Gasteiger partial charge in [0, 0.05) is 6.54 Å². The third-order valence-electron chi connectivity index (χ3n) is 3.92. The second kappa shape index (κ2) is 6.18. The lowest BCUT2D eigenvalue weighted by Gasteiger charge is -2.21. The van der Waals surface area contributed by atoms with Crippen molar-refractivity contribution < 1.29 is 35.9 Å². The van der Waals surface area contributed by atoms with Crippen LogP contribution in [0.1, 0.15) is 37.0 Å². The molecule has 0 aromatic heterocycles. The summed E-state index contributed by atoms with van der Waals surface area (Å²) >= 11 is 0. The summed E-state index contributed by atoms with van der Waals surface area (Å²) in [6.45, 7) is 3.02. The lowest BCUT2D eigenvalue weighted by molar-refractivity contribution is -0.143. The van der Waals surface area contributed by atoms with Gasteiger partial charge in [0.25, 0.3) is 0 Å². The third-order valence-corrected chi connectivity index (χ3v) is 3.92. The molecule has 0 unspecified atom stereocenters. The van der Waals surface area contributed by atoms with E-state index in [1.807, 2.05) is 0 Å². The maximum Gasteiger partial charge on any atom is 0.416 e. The van der Waals surface area contributed by atoms with Gasteiger partial charge in [-0.15, -0.1) is 0 Å². The number of rotatable bonds is 3. The van der Waals surface area contributed by atoms with Crippen LogP contribution in [0.2, 0.25) is 0 Å². The molecule has 1 saturated heterocycles. The van der Waals surface area contributed by atoms with Gasteiger partial charge in [-0.05, 0) is 37.1 Å². The Morgan fingerprint density at radius 3 is 1.92 bits per heavy atom. The largest absolute Gasteiger partial charge is 0.444 e. The van der Waals surface area contributed by atoms with Gasteiger partial charge in [-0.1, -0.05) is 6.92 Å². The summed E-state index contributed by atoms with van der Waals surface area (Å²) in [5.41, 5.74) is -3.06. The molecule has 2 rings (SSSR count). The highest BCUT2D eigenvalue weighted by molar-refractivity contribution is 5.70. The Morgan fingerprint density at radius 1 is 1.04 bits per heavy atom. The first-order valence-electron chi connectivity index (χ1n) is 7.19. The first-order chi connectivity index (χ1) is 10.9. The van der Waals surface area contributed by atoms with Crippen LogP contribution in [0.5, 0.6) is 0 Å². The van der Waals surface area contributed by atoms with Crippen molar-refractivity contribution in [2.24, 2.45) is 0 Å². The zero-order valence-corrected chi connectivity index (χ0v) is 12.8. The van der Waals surface area contributed by atoms with Crippen LogP contribution >= 0.6 is 0 Å². The van der Waals surface area contributed by atoms with Gasteiger partial charge in [-0.2, -0.15) is 26.3 Å². The smallest absolute Gasteiger partial charge is 0.416 e. The van der Waals surface area contributed by atoms with E-state index in [1.54, 1.807) is 13.8 Å². The van der Waals surface area contributed by atoms with E-state index in [9.17, 15) is 31.1 Å². The van der Waals surface area contributed by atoms with Gasteiger partial charge < -0.3 is 4.74 Å². The van der Waals surface area contributed by atoms with Crippen molar-refractivity contribution in [3.8, 4) is 0 Å².